The Balaban J connectivity index is 1.29. The molecule has 1 amide bonds. The molecule has 210 valence electrons. The maximum atomic E-state index is 13.7. The van der Waals surface area contributed by atoms with E-state index in [-0.39, 0.29) is 11.5 Å². The zero-order chi connectivity index (χ0) is 28.7. The molecular formula is C31H34N8O2. The van der Waals surface area contributed by atoms with Gasteiger partial charge in [-0.05, 0) is 62.0 Å². The average Bonchev–Trinajstić information content (AvgIpc) is 2.99. The van der Waals surface area contributed by atoms with Gasteiger partial charge in [0.25, 0.3) is 11.5 Å². The number of rotatable bonds is 5. The standard InChI is InChI=1S/C31H34N8O2/c1-5-27(40)39-18-17-38(25-8-6-7-21(2)28(25)39)26-19-22-20-32-31(34-29(22)36(4)30(26)41)33-23-9-11-24(12-10-23)37-15-13-35(3)14-16-37/h5-12,19-20H,1,13-18H2,2-4H3,(H,32,33,34). The minimum Gasteiger partial charge on any atom is -0.369 e. The number of likely N-dealkylation sites (N-methyl/N-ethyl adjacent to an activating group) is 1. The number of nitrogens with zero attached hydrogens (tertiary/aromatic N) is 7. The summed E-state index contributed by atoms with van der Waals surface area (Å²) < 4.78 is 1.56. The number of fused-ring (bicyclic) bond motifs is 2. The molecule has 0 saturated carbocycles. The van der Waals surface area contributed by atoms with E-state index in [2.05, 4.69) is 50.8 Å². The summed E-state index contributed by atoms with van der Waals surface area (Å²) >= 11 is 0. The molecule has 6 rings (SSSR count). The third-order valence-corrected chi connectivity index (χ3v) is 7.98. The topological polar surface area (TPSA) is 89.8 Å². The van der Waals surface area contributed by atoms with Gasteiger partial charge in [-0.15, -0.1) is 0 Å². The Bertz CT molecular complexity index is 1690. The summed E-state index contributed by atoms with van der Waals surface area (Å²) in [5.74, 6) is 0.263. The van der Waals surface area contributed by atoms with E-state index < -0.39 is 0 Å². The van der Waals surface area contributed by atoms with Gasteiger partial charge in [0, 0.05) is 69.3 Å². The third-order valence-electron chi connectivity index (χ3n) is 7.98. The van der Waals surface area contributed by atoms with Gasteiger partial charge in [-0.2, -0.15) is 4.98 Å². The number of carbonyl (C=O) groups excluding carboxylic acids is 1. The second-order valence-corrected chi connectivity index (χ2v) is 10.6. The van der Waals surface area contributed by atoms with Crippen molar-refractivity contribution >= 4 is 51.3 Å². The fraction of sp³-hybridized carbons (Fsp3) is 0.290. The highest BCUT2D eigenvalue weighted by molar-refractivity contribution is 6.05. The summed E-state index contributed by atoms with van der Waals surface area (Å²) in [5.41, 5.74) is 5.51. The molecule has 0 unspecified atom stereocenters. The fourth-order valence-corrected chi connectivity index (χ4v) is 5.66. The molecule has 10 heteroatoms. The zero-order valence-corrected chi connectivity index (χ0v) is 23.7. The average molecular weight is 551 g/mol. The number of aromatic nitrogens is 3. The maximum Gasteiger partial charge on any atom is 0.275 e. The summed E-state index contributed by atoms with van der Waals surface area (Å²) in [6.07, 6.45) is 3.06. The van der Waals surface area contributed by atoms with Gasteiger partial charge in [-0.1, -0.05) is 18.7 Å². The molecule has 41 heavy (non-hydrogen) atoms. The van der Waals surface area contributed by atoms with Crippen molar-refractivity contribution in [3.8, 4) is 0 Å². The number of hydrogen-bond donors (Lipinski definition) is 1. The second-order valence-electron chi connectivity index (χ2n) is 10.6. The molecular weight excluding hydrogens is 516 g/mol. The Kier molecular flexibility index (Phi) is 6.92. The van der Waals surface area contributed by atoms with Crippen LogP contribution in [-0.4, -0.2) is 71.7 Å². The van der Waals surface area contributed by atoms with Crippen LogP contribution in [0.15, 0.2) is 72.2 Å². The van der Waals surface area contributed by atoms with Crippen LogP contribution in [0.1, 0.15) is 5.56 Å². The van der Waals surface area contributed by atoms with Gasteiger partial charge < -0.3 is 24.9 Å². The van der Waals surface area contributed by atoms with Crippen molar-refractivity contribution < 1.29 is 4.79 Å². The zero-order valence-electron chi connectivity index (χ0n) is 23.7. The molecule has 1 N–H and O–H groups in total. The van der Waals surface area contributed by atoms with Crippen LogP contribution in [0.2, 0.25) is 0 Å². The Labute approximate surface area is 239 Å². The summed E-state index contributed by atoms with van der Waals surface area (Å²) in [7, 11) is 3.88. The van der Waals surface area contributed by atoms with Crippen LogP contribution in [0.5, 0.6) is 0 Å². The number of hydrogen-bond acceptors (Lipinski definition) is 8. The van der Waals surface area contributed by atoms with Gasteiger partial charge in [0.15, 0.2) is 0 Å². The SMILES string of the molecule is C=CC(=O)N1CCN(c2cc3cnc(Nc4ccc(N5CCN(C)CC5)cc4)nc3n(C)c2=O)c2cccc(C)c21. The van der Waals surface area contributed by atoms with E-state index in [0.717, 1.165) is 54.2 Å². The van der Waals surface area contributed by atoms with Crippen molar-refractivity contribution in [2.45, 2.75) is 6.92 Å². The monoisotopic (exact) mass is 550 g/mol. The Hall–Kier alpha value is -4.70. The quantitative estimate of drug-likeness (QED) is 0.376. The number of piperazine rings is 1. The summed E-state index contributed by atoms with van der Waals surface area (Å²) in [6, 6.07) is 16.0. The molecule has 2 aliphatic heterocycles. The van der Waals surface area contributed by atoms with Gasteiger partial charge in [0.05, 0.1) is 11.4 Å². The lowest BCUT2D eigenvalue weighted by Crippen LogP contribution is -2.44. The van der Waals surface area contributed by atoms with Gasteiger partial charge in [-0.25, -0.2) is 4.98 Å². The Morgan fingerprint density at radius 1 is 0.976 bits per heavy atom. The first kappa shape index (κ1) is 26.5. The van der Waals surface area contributed by atoms with Crippen molar-refractivity contribution in [2.24, 2.45) is 7.05 Å². The summed E-state index contributed by atoms with van der Waals surface area (Å²) in [6.45, 7) is 10.7. The Morgan fingerprint density at radius 3 is 2.46 bits per heavy atom. The van der Waals surface area contributed by atoms with Gasteiger partial charge in [0.2, 0.25) is 5.95 Å². The van der Waals surface area contributed by atoms with Gasteiger partial charge in [0.1, 0.15) is 11.3 Å². The predicted molar refractivity (Wildman–Crippen MR) is 165 cm³/mol. The molecule has 0 atom stereocenters. The number of amides is 1. The van der Waals surface area contributed by atoms with Gasteiger partial charge >= 0.3 is 0 Å². The molecule has 1 fully saturated rings. The first-order chi connectivity index (χ1) is 19.8. The maximum absolute atomic E-state index is 13.7. The minimum atomic E-state index is -0.172. The smallest absolute Gasteiger partial charge is 0.275 e. The van der Waals surface area contributed by atoms with E-state index in [1.807, 2.05) is 48.2 Å². The number of aryl methyl sites for hydroxylation is 2. The fourth-order valence-electron chi connectivity index (χ4n) is 5.66. The predicted octanol–water partition coefficient (Wildman–Crippen LogP) is 3.80. The number of pyridine rings is 1. The van der Waals surface area contributed by atoms with Crippen LogP contribution in [0.3, 0.4) is 0 Å². The van der Waals surface area contributed by atoms with Crippen LogP contribution in [0, 0.1) is 6.92 Å². The number of anilines is 6. The highest BCUT2D eigenvalue weighted by Gasteiger charge is 2.29. The minimum absolute atomic E-state index is 0.158. The molecule has 0 aliphatic carbocycles. The summed E-state index contributed by atoms with van der Waals surface area (Å²) in [4.78, 5) is 43.9. The highest BCUT2D eigenvalue weighted by atomic mass is 16.2. The normalized spacial score (nSPS) is 15.6. The number of nitrogens with one attached hydrogen (secondary N) is 1. The molecule has 4 aromatic rings. The molecule has 4 heterocycles. The van der Waals surface area contributed by atoms with E-state index in [1.54, 1.807) is 22.7 Å². The van der Waals surface area contributed by atoms with Crippen LogP contribution in [0.4, 0.5) is 34.4 Å². The van der Waals surface area contributed by atoms with Crippen molar-refractivity contribution in [1.29, 1.82) is 0 Å². The van der Waals surface area contributed by atoms with Crippen LogP contribution in [0.25, 0.3) is 11.0 Å². The van der Waals surface area contributed by atoms with E-state index in [9.17, 15) is 9.59 Å². The van der Waals surface area contributed by atoms with Crippen molar-refractivity contribution in [2.75, 3.05) is 66.3 Å². The lowest BCUT2D eigenvalue weighted by molar-refractivity contribution is -0.114. The highest BCUT2D eigenvalue weighted by Crippen LogP contribution is 2.39. The van der Waals surface area contributed by atoms with Crippen molar-refractivity contribution in [3.63, 3.8) is 0 Å². The first-order valence-corrected chi connectivity index (χ1v) is 13.8. The number of carbonyl (C=O) groups is 1. The van der Waals surface area contributed by atoms with E-state index in [0.29, 0.717) is 30.4 Å². The van der Waals surface area contributed by atoms with Crippen molar-refractivity contribution in [1.82, 2.24) is 19.4 Å². The Morgan fingerprint density at radius 2 is 1.73 bits per heavy atom. The second kappa shape index (κ2) is 10.7. The van der Waals surface area contributed by atoms with E-state index in [4.69, 9.17) is 0 Å². The lowest BCUT2D eigenvalue weighted by atomic mass is 10.1. The molecule has 2 aromatic heterocycles. The molecule has 0 spiro atoms. The molecule has 1 saturated heterocycles. The van der Waals surface area contributed by atoms with Gasteiger partial charge in [-0.3, -0.25) is 14.2 Å². The van der Waals surface area contributed by atoms with Crippen LogP contribution >= 0.6 is 0 Å². The van der Waals surface area contributed by atoms with Crippen LogP contribution < -0.4 is 25.6 Å². The molecule has 0 radical (unpaired) electrons. The lowest BCUT2D eigenvalue weighted by Gasteiger charge is -2.38. The first-order valence-electron chi connectivity index (χ1n) is 13.8. The summed E-state index contributed by atoms with van der Waals surface area (Å²) in [5, 5.41) is 4.02. The molecule has 0 bridgehead atoms. The molecule has 2 aromatic carbocycles. The van der Waals surface area contributed by atoms with Crippen molar-refractivity contribution in [3.05, 3.63) is 83.3 Å². The molecule has 10 nitrogen and oxygen atoms in total. The molecule has 2 aliphatic rings. The third kappa shape index (κ3) is 4.91. The number of para-hydroxylation sites is 1. The largest absolute Gasteiger partial charge is 0.369 e. The van der Waals surface area contributed by atoms with E-state index in [1.165, 1.54) is 11.8 Å². The van der Waals surface area contributed by atoms with Crippen LogP contribution in [-0.2, 0) is 11.8 Å². The number of benzene rings is 2. The van der Waals surface area contributed by atoms with E-state index >= 15 is 0 Å².